The Morgan fingerprint density at radius 3 is 2.89 bits per heavy atom. The molecule has 18 heavy (non-hydrogen) atoms. The van der Waals surface area contributed by atoms with Crippen LogP contribution in [0.3, 0.4) is 0 Å². The summed E-state index contributed by atoms with van der Waals surface area (Å²) >= 11 is 0. The molecule has 3 N–H and O–H groups in total. The summed E-state index contributed by atoms with van der Waals surface area (Å²) in [6.07, 6.45) is -0.403. The van der Waals surface area contributed by atoms with Gasteiger partial charge in [-0.3, -0.25) is 4.57 Å². The SMILES string of the molecule is C[C@H]1[C@@H](CO)O[C@@H](n2ccc(N)nc2=O)[C@]1(C)F. The van der Waals surface area contributed by atoms with E-state index in [0.717, 1.165) is 4.57 Å². The molecule has 1 aliphatic rings. The van der Waals surface area contributed by atoms with Gasteiger partial charge < -0.3 is 15.6 Å². The average Bonchev–Trinajstić information content (AvgIpc) is 2.52. The number of rotatable bonds is 2. The predicted octanol–water partition coefficient (Wildman–Crippen LogP) is 0.0795. The summed E-state index contributed by atoms with van der Waals surface area (Å²) in [5.74, 6) is -0.460. The molecule has 2 rings (SSSR count). The summed E-state index contributed by atoms with van der Waals surface area (Å²) in [5, 5.41) is 9.13. The minimum Gasteiger partial charge on any atom is -0.394 e. The molecule has 1 aliphatic heterocycles. The third-order valence-electron chi connectivity index (χ3n) is 3.52. The Labute approximate surface area is 103 Å². The smallest absolute Gasteiger partial charge is 0.351 e. The molecule has 1 aromatic rings. The molecule has 7 heteroatoms. The lowest BCUT2D eigenvalue weighted by Crippen LogP contribution is -2.38. The first kappa shape index (κ1) is 13.0. The fourth-order valence-corrected chi connectivity index (χ4v) is 2.15. The van der Waals surface area contributed by atoms with Gasteiger partial charge in [0.1, 0.15) is 5.82 Å². The number of anilines is 1. The fourth-order valence-electron chi connectivity index (χ4n) is 2.15. The van der Waals surface area contributed by atoms with E-state index in [1.807, 2.05) is 0 Å². The van der Waals surface area contributed by atoms with Crippen molar-refractivity contribution >= 4 is 5.82 Å². The van der Waals surface area contributed by atoms with Gasteiger partial charge in [0.05, 0.1) is 12.7 Å². The third-order valence-corrected chi connectivity index (χ3v) is 3.52. The Bertz CT molecular complexity index is 503. The van der Waals surface area contributed by atoms with Crippen molar-refractivity contribution < 1.29 is 14.2 Å². The minimum atomic E-state index is -1.77. The van der Waals surface area contributed by atoms with Gasteiger partial charge in [-0.15, -0.1) is 0 Å². The maximum atomic E-state index is 14.6. The van der Waals surface area contributed by atoms with Crippen molar-refractivity contribution in [3.8, 4) is 0 Å². The number of nitrogen functional groups attached to an aromatic ring is 1. The van der Waals surface area contributed by atoms with E-state index in [0.29, 0.717) is 0 Å². The van der Waals surface area contributed by atoms with Gasteiger partial charge >= 0.3 is 5.69 Å². The van der Waals surface area contributed by atoms with Crippen LogP contribution < -0.4 is 11.4 Å². The molecule has 1 aromatic heterocycles. The van der Waals surface area contributed by atoms with E-state index in [9.17, 15) is 9.18 Å². The maximum absolute atomic E-state index is 14.6. The molecule has 6 nitrogen and oxygen atoms in total. The number of aliphatic hydroxyl groups is 1. The molecule has 0 amide bonds. The highest BCUT2D eigenvalue weighted by atomic mass is 19.1. The summed E-state index contributed by atoms with van der Waals surface area (Å²) in [5.41, 5.74) is 2.94. The number of aromatic nitrogens is 2. The Morgan fingerprint density at radius 1 is 1.72 bits per heavy atom. The van der Waals surface area contributed by atoms with Crippen molar-refractivity contribution in [3.05, 3.63) is 22.7 Å². The predicted molar refractivity (Wildman–Crippen MR) is 62.6 cm³/mol. The van der Waals surface area contributed by atoms with E-state index in [-0.39, 0.29) is 12.4 Å². The lowest BCUT2D eigenvalue weighted by Gasteiger charge is -2.25. The Balaban J connectivity index is 2.42. The van der Waals surface area contributed by atoms with Crippen LogP contribution in [0.1, 0.15) is 20.1 Å². The van der Waals surface area contributed by atoms with Crippen LogP contribution in [0.5, 0.6) is 0 Å². The first-order valence-electron chi connectivity index (χ1n) is 5.67. The molecule has 1 fully saturated rings. The van der Waals surface area contributed by atoms with Crippen LogP contribution in [0.15, 0.2) is 17.1 Å². The standard InChI is InChI=1S/C11H16FN3O3/c1-6-7(5-16)18-9(11(6,2)12)15-4-3-8(13)14-10(15)17/h3-4,6-7,9,16H,5H2,1-2H3,(H2,13,14,17)/t6-,7+,9+,11+/m0/s1. The first-order chi connectivity index (χ1) is 8.37. The molecule has 1 saturated heterocycles. The molecule has 100 valence electrons. The summed E-state index contributed by atoms with van der Waals surface area (Å²) in [6.45, 7) is 2.69. The first-order valence-corrected chi connectivity index (χ1v) is 5.67. The zero-order valence-corrected chi connectivity index (χ0v) is 10.2. The molecule has 0 unspecified atom stereocenters. The van der Waals surface area contributed by atoms with E-state index in [2.05, 4.69) is 4.98 Å². The third kappa shape index (κ3) is 1.89. The molecule has 4 atom stereocenters. The summed E-state index contributed by atoms with van der Waals surface area (Å²) < 4.78 is 21.1. The topological polar surface area (TPSA) is 90.4 Å². The van der Waals surface area contributed by atoms with Crippen LogP contribution in [0.4, 0.5) is 10.2 Å². The Hall–Kier alpha value is -1.47. The molecule has 0 aliphatic carbocycles. The van der Waals surface area contributed by atoms with Crippen LogP contribution in [0.25, 0.3) is 0 Å². The van der Waals surface area contributed by atoms with Crippen LogP contribution in [0.2, 0.25) is 0 Å². The van der Waals surface area contributed by atoms with Crippen molar-refractivity contribution in [2.45, 2.75) is 31.8 Å². The molecule has 2 heterocycles. The number of nitrogens with zero attached hydrogens (tertiary/aromatic N) is 2. The number of hydrogen-bond donors (Lipinski definition) is 2. The molecular formula is C11H16FN3O3. The molecule has 0 aromatic carbocycles. The van der Waals surface area contributed by atoms with Crippen molar-refractivity contribution in [1.29, 1.82) is 0 Å². The lowest BCUT2D eigenvalue weighted by atomic mass is 9.90. The van der Waals surface area contributed by atoms with E-state index in [1.54, 1.807) is 6.92 Å². The quantitative estimate of drug-likeness (QED) is 0.783. The van der Waals surface area contributed by atoms with Crippen molar-refractivity contribution in [1.82, 2.24) is 9.55 Å². The highest BCUT2D eigenvalue weighted by molar-refractivity contribution is 5.23. The molecule has 0 radical (unpaired) electrons. The average molecular weight is 257 g/mol. The number of alkyl halides is 1. The van der Waals surface area contributed by atoms with Gasteiger partial charge in [0.2, 0.25) is 0 Å². The molecule has 0 saturated carbocycles. The van der Waals surface area contributed by atoms with Gasteiger partial charge in [-0.05, 0) is 13.0 Å². The highest BCUT2D eigenvalue weighted by Gasteiger charge is 2.53. The number of ether oxygens (including phenoxy) is 1. The number of aliphatic hydroxyl groups excluding tert-OH is 1. The number of halogens is 1. The number of nitrogens with two attached hydrogens (primary N) is 1. The minimum absolute atomic E-state index is 0.0709. The lowest BCUT2D eigenvalue weighted by molar-refractivity contribution is -0.0610. The van der Waals surface area contributed by atoms with Gasteiger partial charge in [0.15, 0.2) is 11.9 Å². The summed E-state index contributed by atoms with van der Waals surface area (Å²) in [7, 11) is 0. The number of hydrogen-bond acceptors (Lipinski definition) is 5. The summed E-state index contributed by atoms with van der Waals surface area (Å²) in [6, 6.07) is 1.40. The van der Waals surface area contributed by atoms with E-state index < -0.39 is 29.6 Å². The van der Waals surface area contributed by atoms with Crippen LogP contribution in [0, 0.1) is 5.92 Å². The summed E-state index contributed by atoms with van der Waals surface area (Å²) in [4.78, 5) is 15.2. The van der Waals surface area contributed by atoms with E-state index in [4.69, 9.17) is 15.6 Å². The molecule has 0 spiro atoms. The van der Waals surface area contributed by atoms with Gasteiger partial charge in [-0.25, -0.2) is 9.18 Å². The largest absolute Gasteiger partial charge is 0.394 e. The molecule has 0 bridgehead atoms. The second-order valence-electron chi connectivity index (χ2n) is 4.69. The van der Waals surface area contributed by atoms with Crippen molar-refractivity contribution in [3.63, 3.8) is 0 Å². The van der Waals surface area contributed by atoms with Gasteiger partial charge in [0.25, 0.3) is 0 Å². The van der Waals surface area contributed by atoms with Gasteiger partial charge in [-0.1, -0.05) is 6.92 Å². The van der Waals surface area contributed by atoms with E-state index >= 15 is 0 Å². The zero-order valence-electron chi connectivity index (χ0n) is 10.2. The monoisotopic (exact) mass is 257 g/mol. The Morgan fingerprint density at radius 2 is 2.39 bits per heavy atom. The van der Waals surface area contributed by atoms with Crippen LogP contribution >= 0.6 is 0 Å². The zero-order chi connectivity index (χ0) is 13.5. The second kappa shape index (κ2) is 4.33. The van der Waals surface area contributed by atoms with Gasteiger partial charge in [-0.2, -0.15) is 4.98 Å². The van der Waals surface area contributed by atoms with Crippen LogP contribution in [-0.2, 0) is 4.74 Å². The van der Waals surface area contributed by atoms with Crippen LogP contribution in [-0.4, -0.2) is 33.0 Å². The highest BCUT2D eigenvalue weighted by Crippen LogP contribution is 2.44. The molecular weight excluding hydrogens is 241 g/mol. The second-order valence-corrected chi connectivity index (χ2v) is 4.69. The Kier molecular flexibility index (Phi) is 3.12. The van der Waals surface area contributed by atoms with Gasteiger partial charge in [0, 0.05) is 12.1 Å². The normalized spacial score (nSPS) is 35.9. The maximum Gasteiger partial charge on any atom is 0.351 e. The van der Waals surface area contributed by atoms with E-state index in [1.165, 1.54) is 19.2 Å². The fraction of sp³-hybridized carbons (Fsp3) is 0.636. The van der Waals surface area contributed by atoms with Crippen molar-refractivity contribution in [2.24, 2.45) is 5.92 Å². The van der Waals surface area contributed by atoms with Crippen molar-refractivity contribution in [2.75, 3.05) is 12.3 Å².